The van der Waals surface area contributed by atoms with Gasteiger partial charge in [-0.1, -0.05) is 65.1 Å². The van der Waals surface area contributed by atoms with Crippen molar-refractivity contribution in [3.8, 4) is 0 Å². The van der Waals surface area contributed by atoms with Gasteiger partial charge < -0.3 is 9.80 Å². The van der Waals surface area contributed by atoms with Gasteiger partial charge in [-0.15, -0.1) is 0 Å². The Morgan fingerprint density at radius 1 is 0.875 bits per heavy atom. The summed E-state index contributed by atoms with van der Waals surface area (Å²) < 4.78 is 0. The molecule has 0 N–H and O–H groups in total. The molecule has 0 spiro atoms. The number of hydrogen-bond acceptors (Lipinski definition) is 2. The molecule has 0 radical (unpaired) electrons. The van der Waals surface area contributed by atoms with Crippen LogP contribution in [-0.2, 0) is 6.42 Å². The van der Waals surface area contributed by atoms with Gasteiger partial charge in [-0.05, 0) is 60.4 Å². The Kier molecular flexibility index (Phi) is 6.07. The van der Waals surface area contributed by atoms with Gasteiger partial charge in [0.25, 0.3) is 5.91 Å². The maximum absolute atomic E-state index is 13.6. The first-order valence-corrected chi connectivity index (χ1v) is 12.0. The molecule has 0 bridgehead atoms. The van der Waals surface area contributed by atoms with Crippen molar-refractivity contribution in [2.75, 3.05) is 24.5 Å². The SMILES string of the molecule is O=C(c1cccc(Cl)c1)N1CCN(c2ccc(Cl)c(Cl)c2)CC1C1CCc2ccccc21. The predicted molar refractivity (Wildman–Crippen MR) is 132 cm³/mol. The number of amides is 1. The minimum absolute atomic E-state index is 0.0377. The fraction of sp³-hybridized carbons (Fsp3) is 0.269. The molecule has 6 heteroatoms. The van der Waals surface area contributed by atoms with E-state index in [1.807, 2.05) is 35.2 Å². The van der Waals surface area contributed by atoms with E-state index in [-0.39, 0.29) is 11.9 Å². The van der Waals surface area contributed by atoms with Crippen LogP contribution in [-0.4, -0.2) is 36.5 Å². The fourth-order valence-corrected chi connectivity index (χ4v) is 5.58. The highest BCUT2D eigenvalue weighted by molar-refractivity contribution is 6.42. The van der Waals surface area contributed by atoms with Crippen molar-refractivity contribution in [1.82, 2.24) is 4.90 Å². The molecule has 0 saturated carbocycles. The zero-order chi connectivity index (χ0) is 22.2. The molecule has 1 fully saturated rings. The number of carbonyl (C=O) groups excluding carboxylic acids is 1. The fourth-order valence-electron chi connectivity index (χ4n) is 5.10. The van der Waals surface area contributed by atoms with E-state index >= 15 is 0 Å². The summed E-state index contributed by atoms with van der Waals surface area (Å²) in [5.74, 6) is 0.329. The van der Waals surface area contributed by atoms with Crippen LogP contribution >= 0.6 is 34.8 Å². The number of rotatable bonds is 3. The van der Waals surface area contributed by atoms with E-state index in [9.17, 15) is 4.79 Å². The van der Waals surface area contributed by atoms with E-state index in [1.54, 1.807) is 12.1 Å². The Bertz CT molecular complexity index is 1170. The summed E-state index contributed by atoms with van der Waals surface area (Å²) in [6, 6.07) is 21.7. The largest absolute Gasteiger partial charge is 0.368 e. The molecule has 1 aliphatic carbocycles. The highest BCUT2D eigenvalue weighted by Crippen LogP contribution is 2.40. The van der Waals surface area contributed by atoms with E-state index in [2.05, 4.69) is 29.2 Å². The first-order chi connectivity index (χ1) is 15.5. The third-order valence-corrected chi connectivity index (χ3v) is 7.64. The molecule has 3 aromatic rings. The first kappa shape index (κ1) is 21.6. The number of halogens is 3. The molecule has 0 aromatic heterocycles. The lowest BCUT2D eigenvalue weighted by molar-refractivity contribution is 0.0623. The number of piperazine rings is 1. The number of fused-ring (bicyclic) bond motifs is 1. The minimum atomic E-state index is 0.0377. The van der Waals surface area contributed by atoms with Gasteiger partial charge in [-0.2, -0.15) is 0 Å². The van der Waals surface area contributed by atoms with Gasteiger partial charge in [0.05, 0.1) is 16.1 Å². The number of hydrogen-bond donors (Lipinski definition) is 0. The summed E-state index contributed by atoms with van der Waals surface area (Å²) in [5.41, 5.74) is 4.42. The van der Waals surface area contributed by atoms with Crippen LogP contribution < -0.4 is 4.90 Å². The smallest absolute Gasteiger partial charge is 0.254 e. The molecule has 32 heavy (non-hydrogen) atoms. The third-order valence-electron chi connectivity index (χ3n) is 6.66. The lowest BCUT2D eigenvalue weighted by Crippen LogP contribution is -2.57. The Hall–Kier alpha value is -2.20. The van der Waals surface area contributed by atoms with Gasteiger partial charge >= 0.3 is 0 Å². The maximum Gasteiger partial charge on any atom is 0.254 e. The second kappa shape index (κ2) is 8.97. The Morgan fingerprint density at radius 3 is 2.53 bits per heavy atom. The molecule has 5 rings (SSSR count). The van der Waals surface area contributed by atoms with Crippen LogP contribution in [0.3, 0.4) is 0 Å². The van der Waals surface area contributed by atoms with Crippen LogP contribution in [0.2, 0.25) is 15.1 Å². The number of aryl methyl sites for hydroxylation is 1. The van der Waals surface area contributed by atoms with Gasteiger partial charge in [-0.25, -0.2) is 0 Å². The Labute approximate surface area is 203 Å². The second-order valence-electron chi connectivity index (χ2n) is 8.46. The summed E-state index contributed by atoms with van der Waals surface area (Å²) in [5, 5.41) is 1.67. The topological polar surface area (TPSA) is 23.6 Å². The number of carbonyl (C=O) groups is 1. The molecular weight excluding hydrogens is 463 g/mol. The van der Waals surface area contributed by atoms with Crippen LogP contribution in [0.4, 0.5) is 5.69 Å². The van der Waals surface area contributed by atoms with Gasteiger partial charge in [0.15, 0.2) is 0 Å². The summed E-state index contributed by atoms with van der Waals surface area (Å²) in [7, 11) is 0. The predicted octanol–water partition coefficient (Wildman–Crippen LogP) is 6.71. The highest BCUT2D eigenvalue weighted by atomic mass is 35.5. The quantitative estimate of drug-likeness (QED) is 0.412. The van der Waals surface area contributed by atoms with Gasteiger partial charge in [0.2, 0.25) is 0 Å². The molecule has 164 valence electrons. The van der Waals surface area contributed by atoms with E-state index in [1.165, 1.54) is 11.1 Å². The Morgan fingerprint density at radius 2 is 1.72 bits per heavy atom. The first-order valence-electron chi connectivity index (χ1n) is 10.9. The number of anilines is 1. The maximum atomic E-state index is 13.6. The molecule has 1 aliphatic heterocycles. The zero-order valence-corrected chi connectivity index (χ0v) is 19.7. The van der Waals surface area contributed by atoms with Crippen molar-refractivity contribution in [3.63, 3.8) is 0 Å². The van der Waals surface area contributed by atoms with Crippen LogP contribution in [0.15, 0.2) is 66.7 Å². The summed E-state index contributed by atoms with van der Waals surface area (Å²) >= 11 is 18.6. The van der Waals surface area contributed by atoms with Crippen molar-refractivity contribution >= 4 is 46.4 Å². The second-order valence-corrected chi connectivity index (χ2v) is 9.72. The Balaban J connectivity index is 1.49. The molecule has 3 nitrogen and oxygen atoms in total. The van der Waals surface area contributed by atoms with Crippen LogP contribution in [0.1, 0.15) is 33.8 Å². The molecule has 1 saturated heterocycles. The molecule has 2 aliphatic rings. The average Bonchev–Trinajstić information content (AvgIpc) is 3.24. The average molecular weight is 486 g/mol. The molecule has 1 heterocycles. The summed E-state index contributed by atoms with van der Waals surface area (Å²) in [6.07, 6.45) is 2.09. The van der Waals surface area contributed by atoms with Crippen molar-refractivity contribution in [2.24, 2.45) is 0 Å². The number of benzene rings is 3. The van der Waals surface area contributed by atoms with Crippen LogP contribution in [0, 0.1) is 0 Å². The monoisotopic (exact) mass is 484 g/mol. The van der Waals surface area contributed by atoms with E-state index in [0.29, 0.717) is 33.1 Å². The summed E-state index contributed by atoms with van der Waals surface area (Å²) in [6.45, 7) is 2.10. The van der Waals surface area contributed by atoms with Crippen LogP contribution in [0.25, 0.3) is 0 Å². The lowest BCUT2D eigenvalue weighted by atomic mass is 9.89. The van der Waals surface area contributed by atoms with Crippen molar-refractivity contribution < 1.29 is 4.79 Å². The van der Waals surface area contributed by atoms with Gasteiger partial charge in [-0.3, -0.25) is 4.79 Å². The molecule has 1 amide bonds. The van der Waals surface area contributed by atoms with Gasteiger partial charge in [0, 0.05) is 41.8 Å². The zero-order valence-electron chi connectivity index (χ0n) is 17.5. The van der Waals surface area contributed by atoms with Crippen molar-refractivity contribution in [2.45, 2.75) is 24.8 Å². The number of nitrogens with zero attached hydrogens (tertiary/aromatic N) is 2. The molecule has 3 aromatic carbocycles. The molecule has 2 atom stereocenters. The van der Waals surface area contributed by atoms with Crippen molar-refractivity contribution in [3.05, 3.63) is 98.5 Å². The third kappa shape index (κ3) is 4.10. The van der Waals surface area contributed by atoms with Crippen molar-refractivity contribution in [1.29, 1.82) is 0 Å². The minimum Gasteiger partial charge on any atom is -0.368 e. The molecule has 2 unspecified atom stereocenters. The van der Waals surface area contributed by atoms with Gasteiger partial charge in [0.1, 0.15) is 0 Å². The van der Waals surface area contributed by atoms with E-state index < -0.39 is 0 Å². The molecular formula is C26H23Cl3N2O. The highest BCUT2D eigenvalue weighted by Gasteiger charge is 2.39. The van der Waals surface area contributed by atoms with E-state index in [4.69, 9.17) is 34.8 Å². The summed E-state index contributed by atoms with van der Waals surface area (Å²) in [4.78, 5) is 17.9. The van der Waals surface area contributed by atoms with Crippen LogP contribution in [0.5, 0.6) is 0 Å². The standard InChI is InChI=1S/C26H23Cl3N2O/c27-19-6-3-5-18(14-19)26(32)31-13-12-30(20-9-11-23(28)24(29)15-20)16-25(31)22-10-8-17-4-1-2-7-21(17)22/h1-7,9,11,14-15,22,25H,8,10,12-13,16H2. The normalized spacial score (nSPS) is 20.3. The lowest BCUT2D eigenvalue weighted by Gasteiger charge is -2.45. The van der Waals surface area contributed by atoms with E-state index in [0.717, 1.165) is 31.6 Å².